The van der Waals surface area contributed by atoms with Crippen LogP contribution in [0.15, 0.2) is 90.0 Å². The Labute approximate surface area is 322 Å². The Balaban J connectivity index is 1.35. The zero-order valence-electron chi connectivity index (χ0n) is 31.0. The molecular weight excluding hydrogens is 711 g/mol. The van der Waals surface area contributed by atoms with Crippen LogP contribution in [-0.2, 0) is 5.54 Å². The lowest BCUT2D eigenvalue weighted by molar-refractivity contribution is 0.248. The van der Waals surface area contributed by atoms with Crippen LogP contribution in [-0.4, -0.2) is 46.9 Å². The number of hydrazine groups is 1. The molecule has 2 aromatic carbocycles. The molecule has 4 amide bonds. The van der Waals surface area contributed by atoms with Crippen molar-refractivity contribution in [3.8, 4) is 23.7 Å². The van der Waals surface area contributed by atoms with Crippen LogP contribution in [0.2, 0.25) is 0 Å². The van der Waals surface area contributed by atoms with Crippen LogP contribution < -0.4 is 32.1 Å². The van der Waals surface area contributed by atoms with E-state index in [2.05, 4.69) is 59.4 Å². The molecule has 1 fully saturated rings. The summed E-state index contributed by atoms with van der Waals surface area (Å²) in [6.45, 7) is 7.70. The van der Waals surface area contributed by atoms with Crippen molar-refractivity contribution in [3.63, 3.8) is 0 Å². The largest absolute Gasteiger partial charge is 0.368 e. The summed E-state index contributed by atoms with van der Waals surface area (Å²) in [7, 11) is 0. The van der Waals surface area contributed by atoms with Gasteiger partial charge in [-0.2, -0.15) is 15.1 Å². The minimum absolute atomic E-state index is 0.128. The Kier molecular flexibility index (Phi) is 10.0. The molecule has 0 saturated heterocycles. The fourth-order valence-corrected chi connectivity index (χ4v) is 5.50. The van der Waals surface area contributed by atoms with Gasteiger partial charge in [-0.1, -0.05) is 41.0 Å². The van der Waals surface area contributed by atoms with Crippen molar-refractivity contribution >= 4 is 47.0 Å². The molecule has 4 aromatic heterocycles. The summed E-state index contributed by atoms with van der Waals surface area (Å²) in [4.78, 5) is 45.5. The first kappa shape index (κ1) is 36.6. The van der Waals surface area contributed by atoms with Crippen LogP contribution in [0.4, 0.5) is 44.5 Å². The number of amides is 4. The topological polar surface area (TPSA) is 212 Å². The predicted octanol–water partition coefficient (Wildman–Crippen LogP) is 6.05. The SMILES string of the molecule is Cc1cc(NC(=O)N(c2cccc(C#Cc3cnc(N)nc3)c2)N(C(=O)Nc2cc(C3CC3)nn2C(C)(C)C)c2cccc(C#Cc3cnc(N)nc3)c2)no1. The average molecular weight is 748 g/mol. The first-order chi connectivity index (χ1) is 26.9. The number of nitrogens with zero attached hydrogens (tertiary/aromatic N) is 9. The summed E-state index contributed by atoms with van der Waals surface area (Å²) in [5.74, 6) is 13.9. The lowest BCUT2D eigenvalue weighted by Gasteiger charge is -2.35. The number of carbonyl (C=O) groups is 2. The van der Waals surface area contributed by atoms with E-state index >= 15 is 0 Å². The zero-order valence-corrected chi connectivity index (χ0v) is 31.0. The smallest absolute Gasteiger partial charge is 0.347 e. The minimum Gasteiger partial charge on any atom is -0.368 e. The zero-order chi connectivity index (χ0) is 39.4. The molecule has 4 heterocycles. The molecule has 280 valence electrons. The van der Waals surface area contributed by atoms with Crippen molar-refractivity contribution in [2.45, 2.75) is 52.0 Å². The lowest BCUT2D eigenvalue weighted by Crippen LogP contribution is -2.54. The van der Waals surface area contributed by atoms with E-state index in [1.165, 1.54) is 34.8 Å². The second-order valence-corrected chi connectivity index (χ2v) is 13.9. The standard InChI is InChI=1S/C40H37N13O3/c1-25-17-34(50-56-25)47-38(54)51(31-9-5-7-26(18-31)11-13-28-21-43-36(41)44-22-28)52(32-10-6-8-27(19-32)12-14-29-23-45-37(42)46-24-29)39(55)48-35-20-33(30-15-16-30)49-53(35)40(2,3)4/h5-10,17-24,30H,15-16H2,1-4H3,(H,48,55)(H2,41,43,44)(H2,42,45,46)(H,47,50,54). The lowest BCUT2D eigenvalue weighted by atomic mass is 10.1. The molecule has 0 unspecified atom stereocenters. The molecule has 0 bridgehead atoms. The van der Waals surface area contributed by atoms with Crippen LogP contribution >= 0.6 is 0 Å². The van der Waals surface area contributed by atoms with Crippen molar-refractivity contribution < 1.29 is 14.1 Å². The van der Waals surface area contributed by atoms with E-state index < -0.39 is 17.6 Å². The number of rotatable bonds is 5. The number of nitrogens with one attached hydrogen (secondary N) is 2. The molecule has 56 heavy (non-hydrogen) atoms. The average Bonchev–Trinajstić information content (AvgIpc) is 3.81. The number of nitrogens with two attached hydrogens (primary N) is 2. The molecule has 1 aliphatic carbocycles. The van der Waals surface area contributed by atoms with Gasteiger partial charge in [0.15, 0.2) is 5.82 Å². The van der Waals surface area contributed by atoms with Crippen LogP contribution in [0, 0.1) is 30.6 Å². The van der Waals surface area contributed by atoms with E-state index in [9.17, 15) is 9.59 Å². The fourth-order valence-electron chi connectivity index (χ4n) is 5.50. The van der Waals surface area contributed by atoms with Crippen molar-refractivity contribution in [1.82, 2.24) is 34.9 Å². The highest BCUT2D eigenvalue weighted by molar-refractivity contribution is 6.12. The maximum atomic E-state index is 14.9. The molecule has 16 nitrogen and oxygen atoms in total. The molecule has 1 aliphatic rings. The van der Waals surface area contributed by atoms with Gasteiger partial charge in [0, 0.05) is 54.0 Å². The quantitative estimate of drug-likeness (QED) is 0.118. The first-order valence-electron chi connectivity index (χ1n) is 17.5. The number of carbonyl (C=O) groups excluding carboxylic acids is 2. The van der Waals surface area contributed by atoms with Crippen molar-refractivity contribution in [2.75, 3.05) is 32.1 Å². The van der Waals surface area contributed by atoms with E-state index in [0.717, 1.165) is 18.5 Å². The number of anilines is 6. The number of nitrogen functional groups attached to an aromatic ring is 2. The van der Waals surface area contributed by atoms with Crippen molar-refractivity contribution in [2.24, 2.45) is 0 Å². The molecule has 6 aromatic rings. The molecule has 7 rings (SSSR count). The van der Waals surface area contributed by atoms with Gasteiger partial charge in [0.25, 0.3) is 0 Å². The van der Waals surface area contributed by atoms with Gasteiger partial charge in [0.2, 0.25) is 11.9 Å². The number of hydrogen-bond donors (Lipinski definition) is 4. The second kappa shape index (κ2) is 15.3. The van der Waals surface area contributed by atoms with Crippen LogP contribution in [0.25, 0.3) is 0 Å². The summed E-state index contributed by atoms with van der Waals surface area (Å²) in [6, 6.07) is 15.8. The molecule has 0 radical (unpaired) electrons. The van der Waals surface area contributed by atoms with E-state index in [0.29, 0.717) is 45.4 Å². The third kappa shape index (κ3) is 8.73. The molecule has 1 saturated carbocycles. The molecule has 0 atom stereocenters. The molecule has 0 spiro atoms. The maximum absolute atomic E-state index is 14.9. The Bertz CT molecular complexity index is 2530. The van der Waals surface area contributed by atoms with Crippen molar-refractivity contribution in [3.05, 3.63) is 119 Å². The van der Waals surface area contributed by atoms with Gasteiger partial charge in [0.05, 0.1) is 33.7 Å². The number of hydrogen-bond acceptors (Lipinski definition) is 11. The van der Waals surface area contributed by atoms with Gasteiger partial charge in [-0.3, -0.25) is 10.6 Å². The summed E-state index contributed by atoms with van der Waals surface area (Å²) < 4.78 is 7.01. The van der Waals surface area contributed by atoms with Crippen molar-refractivity contribution in [1.29, 1.82) is 0 Å². The molecule has 6 N–H and O–H groups in total. The molecule has 16 heteroatoms. The van der Waals surface area contributed by atoms with Crippen LogP contribution in [0.5, 0.6) is 0 Å². The predicted molar refractivity (Wildman–Crippen MR) is 211 cm³/mol. The second-order valence-electron chi connectivity index (χ2n) is 13.9. The van der Waals surface area contributed by atoms with E-state index in [1.54, 1.807) is 66.2 Å². The summed E-state index contributed by atoms with van der Waals surface area (Å²) in [6.07, 6.45) is 8.10. The van der Waals surface area contributed by atoms with E-state index in [1.807, 2.05) is 26.8 Å². The highest BCUT2D eigenvalue weighted by Crippen LogP contribution is 2.41. The highest BCUT2D eigenvalue weighted by atomic mass is 16.5. The monoisotopic (exact) mass is 747 g/mol. The fraction of sp³-hybridized carbons (Fsp3) is 0.200. The van der Waals surface area contributed by atoms with Gasteiger partial charge < -0.3 is 16.0 Å². The molecular formula is C40H37N13O3. The Morgan fingerprint density at radius 3 is 1.71 bits per heavy atom. The highest BCUT2D eigenvalue weighted by Gasteiger charge is 2.34. The van der Waals surface area contributed by atoms with E-state index in [-0.39, 0.29) is 23.4 Å². The van der Waals surface area contributed by atoms with Gasteiger partial charge >= 0.3 is 12.1 Å². The summed E-state index contributed by atoms with van der Waals surface area (Å²) >= 11 is 0. The van der Waals surface area contributed by atoms with Crippen LogP contribution in [0.3, 0.4) is 0 Å². The van der Waals surface area contributed by atoms with E-state index in [4.69, 9.17) is 21.1 Å². The maximum Gasteiger partial charge on any atom is 0.347 e. The minimum atomic E-state index is -0.732. The van der Waals surface area contributed by atoms with Crippen LogP contribution in [0.1, 0.15) is 73.2 Å². The normalized spacial score (nSPS) is 12.1. The Hall–Kier alpha value is -7.72. The van der Waals surface area contributed by atoms with Gasteiger partial charge in [-0.25, -0.2) is 34.2 Å². The van der Waals surface area contributed by atoms with Gasteiger partial charge in [-0.05, 0) is 76.9 Å². The number of aromatic nitrogens is 7. The van der Waals surface area contributed by atoms with Gasteiger partial charge in [-0.15, -0.1) is 0 Å². The number of aryl methyl sites for hydroxylation is 1. The third-order valence-electron chi connectivity index (χ3n) is 8.27. The third-order valence-corrected chi connectivity index (χ3v) is 8.27. The Morgan fingerprint density at radius 2 is 1.25 bits per heavy atom. The number of urea groups is 2. The summed E-state index contributed by atoms with van der Waals surface area (Å²) in [5.41, 5.74) is 14.4. The summed E-state index contributed by atoms with van der Waals surface area (Å²) in [5, 5.41) is 17.1. The van der Waals surface area contributed by atoms with Gasteiger partial charge in [0.1, 0.15) is 11.6 Å². The number of benzene rings is 2. The molecule has 0 aliphatic heterocycles. The Morgan fingerprint density at radius 1 is 0.750 bits per heavy atom. The first-order valence-corrected chi connectivity index (χ1v) is 17.5.